The van der Waals surface area contributed by atoms with E-state index in [4.69, 9.17) is 26.6 Å². The predicted molar refractivity (Wildman–Crippen MR) is 78.6 cm³/mol. The number of aromatic nitrogens is 1. The number of benzene rings is 1. The quantitative estimate of drug-likeness (QED) is 0.932. The maximum atomic E-state index is 14.1. The van der Waals surface area contributed by atoms with Crippen LogP contribution in [-0.2, 0) is 11.2 Å². The van der Waals surface area contributed by atoms with Gasteiger partial charge in [-0.3, -0.25) is 0 Å². The fourth-order valence-corrected chi connectivity index (χ4v) is 3.05. The van der Waals surface area contributed by atoms with Crippen LogP contribution in [0.4, 0.5) is 10.3 Å². The Morgan fingerprint density at radius 3 is 2.76 bits per heavy atom. The fourth-order valence-electron chi connectivity index (χ4n) is 2.79. The van der Waals surface area contributed by atoms with Gasteiger partial charge in [-0.25, -0.2) is 4.39 Å². The van der Waals surface area contributed by atoms with E-state index in [1.54, 1.807) is 19.2 Å². The van der Waals surface area contributed by atoms with Gasteiger partial charge in [-0.2, -0.15) is 0 Å². The fraction of sp³-hybridized carbons (Fsp3) is 0.400. The molecule has 1 heterocycles. The van der Waals surface area contributed by atoms with Gasteiger partial charge in [0.15, 0.2) is 0 Å². The third kappa shape index (κ3) is 2.40. The third-order valence-electron chi connectivity index (χ3n) is 4.19. The molecule has 2 N–H and O–H groups in total. The molecule has 0 saturated heterocycles. The molecular weight excluding hydrogens is 295 g/mol. The first-order valence-corrected chi connectivity index (χ1v) is 7.18. The molecule has 1 aromatic carbocycles. The van der Waals surface area contributed by atoms with Crippen LogP contribution in [0.1, 0.15) is 25.0 Å². The summed E-state index contributed by atoms with van der Waals surface area (Å²) in [5.41, 5.74) is 6.83. The van der Waals surface area contributed by atoms with E-state index in [9.17, 15) is 4.39 Å². The van der Waals surface area contributed by atoms with Crippen LogP contribution in [0.5, 0.6) is 0 Å². The molecule has 1 saturated carbocycles. The lowest BCUT2D eigenvalue weighted by Gasteiger charge is -2.40. The molecule has 0 atom stereocenters. The van der Waals surface area contributed by atoms with Crippen molar-refractivity contribution in [2.24, 2.45) is 0 Å². The summed E-state index contributed by atoms with van der Waals surface area (Å²) in [4.78, 5) is 0. The number of rotatable bonds is 4. The molecule has 1 aliphatic rings. The van der Waals surface area contributed by atoms with Crippen LogP contribution in [0.15, 0.2) is 22.7 Å². The lowest BCUT2D eigenvalue weighted by atomic mass is 9.76. The number of halogens is 2. The molecule has 0 aliphatic heterocycles. The van der Waals surface area contributed by atoms with E-state index in [1.807, 2.05) is 0 Å². The number of anilines is 1. The lowest BCUT2D eigenvalue weighted by molar-refractivity contribution is -0.0717. The van der Waals surface area contributed by atoms with Gasteiger partial charge in [0.25, 0.3) is 0 Å². The Bertz CT molecular complexity index is 642. The van der Waals surface area contributed by atoms with Gasteiger partial charge in [0.05, 0.1) is 21.9 Å². The average molecular weight is 311 g/mol. The molecule has 0 spiro atoms. The minimum absolute atomic E-state index is 0.0718. The summed E-state index contributed by atoms with van der Waals surface area (Å²) in [6.45, 7) is 0. The molecule has 21 heavy (non-hydrogen) atoms. The van der Waals surface area contributed by atoms with Crippen LogP contribution in [0.3, 0.4) is 0 Å². The minimum atomic E-state index is -0.446. The molecule has 6 heteroatoms. The Morgan fingerprint density at radius 2 is 2.19 bits per heavy atom. The van der Waals surface area contributed by atoms with E-state index in [-0.39, 0.29) is 22.1 Å². The third-order valence-corrected chi connectivity index (χ3v) is 4.50. The van der Waals surface area contributed by atoms with Crippen molar-refractivity contribution in [2.45, 2.75) is 31.3 Å². The van der Waals surface area contributed by atoms with E-state index in [0.717, 1.165) is 19.3 Å². The standard InChI is InChI=1S/C15H16ClFN2O2/c1-20-15(6-3-7-15)8-11-13(14(18)21-19-11)12-9(16)4-2-5-10(12)17/h2,4-5H,3,6-8,18H2,1H3. The van der Waals surface area contributed by atoms with Crippen molar-refractivity contribution < 1.29 is 13.7 Å². The molecule has 0 radical (unpaired) electrons. The highest BCUT2D eigenvalue weighted by atomic mass is 35.5. The first-order chi connectivity index (χ1) is 10.1. The van der Waals surface area contributed by atoms with Crippen LogP contribution < -0.4 is 5.73 Å². The number of hydrogen-bond donors (Lipinski definition) is 1. The van der Waals surface area contributed by atoms with E-state index >= 15 is 0 Å². The van der Waals surface area contributed by atoms with Crippen LogP contribution in [0.25, 0.3) is 11.1 Å². The number of nitrogens with zero attached hydrogens (tertiary/aromatic N) is 1. The van der Waals surface area contributed by atoms with Gasteiger partial charge in [0.1, 0.15) is 5.82 Å². The first-order valence-electron chi connectivity index (χ1n) is 6.80. The number of hydrogen-bond acceptors (Lipinski definition) is 4. The first kappa shape index (κ1) is 14.4. The molecular formula is C15H16ClFN2O2. The van der Waals surface area contributed by atoms with Crippen LogP contribution in [0.2, 0.25) is 5.02 Å². The van der Waals surface area contributed by atoms with E-state index in [0.29, 0.717) is 17.7 Å². The van der Waals surface area contributed by atoms with Crippen LogP contribution in [-0.4, -0.2) is 17.9 Å². The number of nitrogens with two attached hydrogens (primary N) is 1. The van der Waals surface area contributed by atoms with Crippen LogP contribution >= 0.6 is 11.6 Å². The second-order valence-electron chi connectivity index (χ2n) is 5.38. The maximum Gasteiger partial charge on any atom is 0.230 e. The smallest absolute Gasteiger partial charge is 0.230 e. The normalized spacial score (nSPS) is 16.7. The van der Waals surface area contributed by atoms with Crippen molar-refractivity contribution >= 4 is 17.5 Å². The minimum Gasteiger partial charge on any atom is -0.378 e. The topological polar surface area (TPSA) is 61.3 Å². The van der Waals surface area contributed by atoms with Crippen molar-refractivity contribution in [1.29, 1.82) is 0 Å². The van der Waals surface area contributed by atoms with Gasteiger partial charge >= 0.3 is 0 Å². The average Bonchev–Trinajstić information content (AvgIpc) is 2.76. The second kappa shape index (κ2) is 5.31. The van der Waals surface area contributed by atoms with Crippen molar-refractivity contribution in [3.63, 3.8) is 0 Å². The molecule has 3 rings (SSSR count). The van der Waals surface area contributed by atoms with Crippen molar-refractivity contribution in [3.05, 3.63) is 34.7 Å². The molecule has 0 amide bonds. The van der Waals surface area contributed by atoms with Gasteiger partial charge in [-0.1, -0.05) is 22.8 Å². The van der Waals surface area contributed by atoms with Gasteiger partial charge in [0.2, 0.25) is 5.88 Å². The maximum absolute atomic E-state index is 14.1. The van der Waals surface area contributed by atoms with Crippen molar-refractivity contribution in [2.75, 3.05) is 12.8 Å². The van der Waals surface area contributed by atoms with E-state index < -0.39 is 5.82 Å². The molecule has 0 unspecified atom stereocenters. The molecule has 4 nitrogen and oxygen atoms in total. The highest BCUT2D eigenvalue weighted by Gasteiger charge is 2.39. The number of ether oxygens (including phenoxy) is 1. The van der Waals surface area contributed by atoms with Gasteiger partial charge < -0.3 is 15.0 Å². The second-order valence-corrected chi connectivity index (χ2v) is 5.79. The van der Waals surface area contributed by atoms with Gasteiger partial charge in [-0.05, 0) is 31.4 Å². The predicted octanol–water partition coefficient (Wildman–Crippen LogP) is 3.83. The van der Waals surface area contributed by atoms with Crippen molar-refractivity contribution in [3.8, 4) is 11.1 Å². The summed E-state index contributed by atoms with van der Waals surface area (Å²) >= 11 is 6.12. The molecule has 0 bridgehead atoms. The summed E-state index contributed by atoms with van der Waals surface area (Å²) < 4.78 is 24.8. The Hall–Kier alpha value is -1.59. The number of methoxy groups -OCH3 is 1. The monoisotopic (exact) mass is 310 g/mol. The zero-order chi connectivity index (χ0) is 15.0. The van der Waals surface area contributed by atoms with Crippen LogP contribution in [0, 0.1) is 5.82 Å². The van der Waals surface area contributed by atoms with Crippen molar-refractivity contribution in [1.82, 2.24) is 5.16 Å². The Labute approximate surface area is 127 Å². The lowest BCUT2D eigenvalue weighted by Crippen LogP contribution is -2.41. The summed E-state index contributed by atoms with van der Waals surface area (Å²) in [6.07, 6.45) is 3.53. The molecule has 1 aromatic heterocycles. The molecule has 112 valence electrons. The summed E-state index contributed by atoms with van der Waals surface area (Å²) in [7, 11) is 1.68. The highest BCUT2D eigenvalue weighted by molar-refractivity contribution is 6.33. The van der Waals surface area contributed by atoms with Gasteiger partial charge in [-0.15, -0.1) is 0 Å². The Morgan fingerprint density at radius 1 is 1.43 bits per heavy atom. The summed E-state index contributed by atoms with van der Waals surface area (Å²) in [6, 6.07) is 4.51. The molecule has 1 aliphatic carbocycles. The summed E-state index contributed by atoms with van der Waals surface area (Å²) in [5, 5.41) is 4.27. The zero-order valence-electron chi connectivity index (χ0n) is 11.7. The SMILES string of the molecule is COC1(Cc2noc(N)c2-c2c(F)cccc2Cl)CCC1. The Kier molecular flexibility index (Phi) is 3.63. The summed E-state index contributed by atoms with van der Waals surface area (Å²) in [5.74, 6) is -0.374. The zero-order valence-corrected chi connectivity index (χ0v) is 12.4. The molecule has 1 fully saturated rings. The van der Waals surface area contributed by atoms with E-state index in [2.05, 4.69) is 5.16 Å². The molecule has 2 aromatic rings. The highest BCUT2D eigenvalue weighted by Crippen LogP contribution is 2.42. The Balaban J connectivity index is 2.05. The van der Waals surface area contributed by atoms with E-state index in [1.165, 1.54) is 6.07 Å². The largest absolute Gasteiger partial charge is 0.378 e. The number of nitrogen functional groups attached to an aromatic ring is 1. The van der Waals surface area contributed by atoms with Gasteiger partial charge in [0, 0.05) is 19.1 Å².